The van der Waals surface area contributed by atoms with Gasteiger partial charge in [-0.1, -0.05) is 11.6 Å². The molecule has 0 radical (unpaired) electrons. The lowest BCUT2D eigenvalue weighted by atomic mass is 9.97. The van der Waals surface area contributed by atoms with Gasteiger partial charge in [0.05, 0.1) is 22.7 Å². The largest absolute Gasteiger partial charge is 0.443 e. The van der Waals surface area contributed by atoms with E-state index in [1.807, 2.05) is 0 Å². The van der Waals surface area contributed by atoms with E-state index >= 15 is 0 Å². The van der Waals surface area contributed by atoms with Crippen molar-refractivity contribution in [3.8, 4) is 5.69 Å². The van der Waals surface area contributed by atoms with Crippen LogP contribution in [-0.4, -0.2) is 35.6 Å². The maximum absolute atomic E-state index is 13.3. The van der Waals surface area contributed by atoms with Crippen molar-refractivity contribution < 1.29 is 19.1 Å². The predicted molar refractivity (Wildman–Crippen MR) is 123 cm³/mol. The van der Waals surface area contributed by atoms with Gasteiger partial charge in [-0.15, -0.1) is 0 Å². The van der Waals surface area contributed by atoms with E-state index in [1.54, 1.807) is 47.6 Å². The van der Waals surface area contributed by atoms with E-state index in [9.17, 15) is 19.2 Å². The third kappa shape index (κ3) is 5.04. The molecule has 0 bridgehead atoms. The number of ether oxygens (including phenoxy) is 2. The van der Waals surface area contributed by atoms with Crippen LogP contribution in [0.5, 0.6) is 0 Å². The highest BCUT2D eigenvalue weighted by molar-refractivity contribution is 6.29. The van der Waals surface area contributed by atoms with E-state index in [2.05, 4.69) is 9.97 Å². The highest BCUT2D eigenvalue weighted by Gasteiger charge is 2.27. The molecule has 0 spiro atoms. The molecule has 0 fully saturated rings. The molecule has 3 aromatic heterocycles. The van der Waals surface area contributed by atoms with Crippen LogP contribution in [0.3, 0.4) is 0 Å². The lowest BCUT2D eigenvalue weighted by Gasteiger charge is -2.19. The first kappa shape index (κ1) is 25.2. The van der Waals surface area contributed by atoms with Gasteiger partial charge in [0.2, 0.25) is 0 Å². The van der Waals surface area contributed by atoms with Gasteiger partial charge in [0.25, 0.3) is 5.56 Å². The minimum absolute atomic E-state index is 0.00216. The molecule has 3 heterocycles. The fourth-order valence-electron chi connectivity index (χ4n) is 2.80. The van der Waals surface area contributed by atoms with Crippen LogP contribution in [0.1, 0.15) is 41.5 Å². The van der Waals surface area contributed by atoms with E-state index in [0.29, 0.717) is 5.69 Å². The summed E-state index contributed by atoms with van der Waals surface area (Å²) in [6, 6.07) is 3.16. The van der Waals surface area contributed by atoms with Crippen molar-refractivity contribution in [2.24, 2.45) is 10.8 Å². The molecule has 11 nitrogen and oxygen atoms in total. The molecular formula is C22H26ClN5O6. The Morgan fingerprint density at radius 2 is 1.47 bits per heavy atom. The Hall–Kier alpha value is -3.47. The minimum atomic E-state index is -0.847. The van der Waals surface area contributed by atoms with Gasteiger partial charge in [0, 0.05) is 0 Å². The van der Waals surface area contributed by atoms with Gasteiger partial charge in [-0.2, -0.15) is 0 Å². The third-order valence-corrected chi connectivity index (χ3v) is 5.00. The number of carbonyl (C=O) groups excluding carboxylic acids is 2. The number of hydrogen-bond acceptors (Lipinski definition) is 8. The number of nitrogens with zero attached hydrogens (tertiary/aromatic N) is 5. The summed E-state index contributed by atoms with van der Waals surface area (Å²) < 4.78 is 13.7. The van der Waals surface area contributed by atoms with Crippen LogP contribution in [0.4, 0.5) is 0 Å². The number of imidazole rings is 1. The van der Waals surface area contributed by atoms with E-state index in [1.165, 1.54) is 23.2 Å². The molecule has 0 aromatic carbocycles. The van der Waals surface area contributed by atoms with Crippen molar-refractivity contribution in [3.63, 3.8) is 0 Å². The summed E-state index contributed by atoms with van der Waals surface area (Å²) in [6.07, 6.45) is 2.77. The fourth-order valence-corrected chi connectivity index (χ4v) is 2.91. The molecule has 0 amide bonds. The van der Waals surface area contributed by atoms with Crippen molar-refractivity contribution >= 4 is 34.7 Å². The molecule has 12 heteroatoms. The van der Waals surface area contributed by atoms with E-state index in [-0.39, 0.29) is 16.3 Å². The van der Waals surface area contributed by atoms with Crippen LogP contribution in [0.2, 0.25) is 5.15 Å². The molecule has 0 aliphatic heterocycles. The number of rotatable bonds is 5. The Morgan fingerprint density at radius 3 is 1.97 bits per heavy atom. The number of aromatic nitrogens is 5. The molecular weight excluding hydrogens is 466 g/mol. The zero-order chi connectivity index (χ0) is 25.4. The second-order valence-electron chi connectivity index (χ2n) is 9.69. The van der Waals surface area contributed by atoms with E-state index < -0.39 is 47.5 Å². The van der Waals surface area contributed by atoms with Gasteiger partial charge in [0.15, 0.2) is 24.6 Å². The van der Waals surface area contributed by atoms with Crippen LogP contribution in [-0.2, 0) is 32.5 Å². The van der Waals surface area contributed by atoms with Crippen LogP contribution >= 0.6 is 11.6 Å². The first-order valence-corrected chi connectivity index (χ1v) is 10.8. The van der Waals surface area contributed by atoms with Gasteiger partial charge in [-0.05, 0) is 53.7 Å². The maximum atomic E-state index is 13.3. The Labute approximate surface area is 199 Å². The second kappa shape index (κ2) is 9.05. The maximum Gasteiger partial charge on any atom is 0.338 e. The van der Waals surface area contributed by atoms with Crippen LogP contribution < -0.4 is 11.2 Å². The molecule has 0 N–H and O–H groups in total. The Morgan fingerprint density at radius 1 is 0.912 bits per heavy atom. The number of fused-ring (bicyclic) bond motifs is 1. The quantitative estimate of drug-likeness (QED) is 0.393. The number of carbonyl (C=O) groups is 2. The van der Waals surface area contributed by atoms with Crippen molar-refractivity contribution in [1.82, 2.24) is 23.7 Å². The SMILES string of the molecule is CC(C)(C)C(=O)OCn1c(=O)c2c(ncn2-c2ccc(Cl)nc2)n(COC(=O)C(C)(C)C)c1=O. The van der Waals surface area contributed by atoms with Crippen LogP contribution in [0.15, 0.2) is 34.2 Å². The zero-order valence-corrected chi connectivity index (χ0v) is 20.5. The molecule has 0 unspecified atom stereocenters. The van der Waals surface area contributed by atoms with E-state index in [4.69, 9.17) is 21.1 Å². The minimum Gasteiger partial charge on any atom is -0.443 e. The zero-order valence-electron chi connectivity index (χ0n) is 19.8. The smallest absolute Gasteiger partial charge is 0.338 e. The standard InChI is InChI=1S/C22H26ClN5O6/c1-21(2,3)18(30)33-11-27-16-15(26(10-25-16)13-7-8-14(23)24-9-13)17(29)28(20(27)32)12-34-19(31)22(4,5)6/h7-10H,11-12H2,1-6H3. The first-order chi connectivity index (χ1) is 15.7. The predicted octanol–water partition coefficient (Wildman–Crippen LogP) is 2.49. The molecule has 3 rings (SSSR count). The summed E-state index contributed by atoms with van der Waals surface area (Å²) in [6.45, 7) is 8.83. The summed E-state index contributed by atoms with van der Waals surface area (Å²) in [5.74, 6) is -1.15. The van der Waals surface area contributed by atoms with Crippen molar-refractivity contribution in [2.45, 2.75) is 55.0 Å². The molecule has 3 aromatic rings. The average Bonchev–Trinajstić information content (AvgIpc) is 3.17. The van der Waals surface area contributed by atoms with Gasteiger partial charge in [-0.3, -0.25) is 19.0 Å². The summed E-state index contributed by atoms with van der Waals surface area (Å²) in [5, 5.41) is 0.255. The van der Waals surface area contributed by atoms with Gasteiger partial charge in [0.1, 0.15) is 11.5 Å². The molecule has 0 atom stereocenters. The Bertz CT molecular complexity index is 1360. The summed E-state index contributed by atoms with van der Waals surface area (Å²) in [7, 11) is 0. The van der Waals surface area contributed by atoms with Gasteiger partial charge in [-0.25, -0.2) is 23.9 Å². The summed E-state index contributed by atoms with van der Waals surface area (Å²) in [4.78, 5) is 59.3. The Balaban J connectivity index is 2.17. The van der Waals surface area contributed by atoms with Crippen molar-refractivity contribution in [3.05, 3.63) is 50.6 Å². The molecule has 182 valence electrons. The third-order valence-electron chi connectivity index (χ3n) is 4.78. The van der Waals surface area contributed by atoms with Crippen molar-refractivity contribution in [1.29, 1.82) is 0 Å². The average molecular weight is 492 g/mol. The monoisotopic (exact) mass is 491 g/mol. The highest BCUT2D eigenvalue weighted by atomic mass is 35.5. The Kier molecular flexibility index (Phi) is 6.70. The fraction of sp³-hybridized carbons (Fsp3) is 0.455. The number of pyridine rings is 1. The lowest BCUT2D eigenvalue weighted by Crippen LogP contribution is -2.43. The summed E-state index contributed by atoms with van der Waals surface area (Å²) in [5.41, 5.74) is -2.79. The van der Waals surface area contributed by atoms with Gasteiger partial charge < -0.3 is 9.47 Å². The van der Waals surface area contributed by atoms with E-state index in [0.717, 1.165) is 9.13 Å². The summed E-state index contributed by atoms with van der Waals surface area (Å²) >= 11 is 5.86. The molecule has 0 saturated heterocycles. The number of esters is 2. The number of hydrogen-bond donors (Lipinski definition) is 0. The van der Waals surface area contributed by atoms with Crippen LogP contribution in [0.25, 0.3) is 16.9 Å². The van der Waals surface area contributed by atoms with Crippen LogP contribution in [0, 0.1) is 10.8 Å². The van der Waals surface area contributed by atoms with Crippen molar-refractivity contribution in [2.75, 3.05) is 0 Å². The second-order valence-corrected chi connectivity index (χ2v) is 10.1. The topological polar surface area (TPSA) is 127 Å². The molecule has 0 aliphatic rings. The highest BCUT2D eigenvalue weighted by Crippen LogP contribution is 2.18. The normalized spacial score (nSPS) is 12.1. The molecule has 34 heavy (non-hydrogen) atoms. The number of halogens is 1. The first-order valence-electron chi connectivity index (χ1n) is 10.4. The molecule has 0 saturated carbocycles. The lowest BCUT2D eigenvalue weighted by molar-refractivity contribution is -0.157. The molecule has 0 aliphatic carbocycles. The van der Waals surface area contributed by atoms with Gasteiger partial charge >= 0.3 is 17.6 Å².